The van der Waals surface area contributed by atoms with Gasteiger partial charge in [0.1, 0.15) is 13.2 Å². The second kappa shape index (κ2) is 6.45. The molecule has 12 heavy (non-hydrogen) atoms. The van der Waals surface area contributed by atoms with E-state index in [9.17, 15) is 9.59 Å². The van der Waals surface area contributed by atoms with Crippen molar-refractivity contribution >= 4 is 12.1 Å². The summed E-state index contributed by atoms with van der Waals surface area (Å²) in [6.45, 7) is 3.80. The zero-order valence-electron chi connectivity index (χ0n) is 7.25. The number of esters is 1. The summed E-state index contributed by atoms with van der Waals surface area (Å²) in [5.74, 6) is -0.380. The van der Waals surface area contributed by atoms with Crippen molar-refractivity contribution in [1.82, 2.24) is 5.32 Å². The Bertz CT molecular complexity index is 157. The molecule has 0 aromatic heterocycles. The van der Waals surface area contributed by atoms with Gasteiger partial charge in [-0.1, -0.05) is 0 Å². The SMILES string of the molecule is CCNC(=O)OCCOC(C)=O. The highest BCUT2D eigenvalue weighted by Gasteiger charge is 1.98. The minimum absolute atomic E-state index is 0.0887. The smallest absolute Gasteiger partial charge is 0.407 e. The standard InChI is InChI=1S/C7H13NO4/c1-3-8-7(10)12-5-4-11-6(2)9/h3-5H2,1-2H3,(H,8,10). The first-order valence-corrected chi connectivity index (χ1v) is 3.70. The van der Waals surface area contributed by atoms with Crippen LogP contribution in [-0.2, 0) is 14.3 Å². The van der Waals surface area contributed by atoms with Crippen molar-refractivity contribution in [3.8, 4) is 0 Å². The summed E-state index contributed by atoms with van der Waals surface area (Å²) in [5, 5.41) is 2.43. The number of hydrogen-bond donors (Lipinski definition) is 1. The third kappa shape index (κ3) is 6.85. The molecule has 0 spiro atoms. The number of nitrogens with one attached hydrogen (secondary N) is 1. The van der Waals surface area contributed by atoms with Crippen LogP contribution in [0.4, 0.5) is 4.79 Å². The quantitative estimate of drug-likeness (QED) is 0.493. The Labute approximate surface area is 71.0 Å². The van der Waals surface area contributed by atoms with E-state index in [1.165, 1.54) is 6.92 Å². The molecular weight excluding hydrogens is 162 g/mol. The van der Waals surface area contributed by atoms with Gasteiger partial charge in [0.2, 0.25) is 0 Å². The average Bonchev–Trinajstić information content (AvgIpc) is 1.98. The maximum absolute atomic E-state index is 10.6. The lowest BCUT2D eigenvalue weighted by atomic mass is 10.7. The molecule has 0 atom stereocenters. The highest BCUT2D eigenvalue weighted by molar-refractivity contribution is 5.67. The molecule has 0 aromatic carbocycles. The van der Waals surface area contributed by atoms with E-state index in [0.29, 0.717) is 6.54 Å². The lowest BCUT2D eigenvalue weighted by Crippen LogP contribution is -2.25. The summed E-state index contributed by atoms with van der Waals surface area (Å²) < 4.78 is 9.13. The van der Waals surface area contributed by atoms with Crippen LogP contribution in [0.15, 0.2) is 0 Å². The van der Waals surface area contributed by atoms with Crippen LogP contribution in [0.3, 0.4) is 0 Å². The molecule has 0 aliphatic carbocycles. The molecule has 0 aromatic rings. The molecule has 0 fully saturated rings. The Kier molecular flexibility index (Phi) is 5.77. The van der Waals surface area contributed by atoms with Gasteiger partial charge in [0.05, 0.1) is 0 Å². The fraction of sp³-hybridized carbons (Fsp3) is 0.714. The summed E-state index contributed by atoms with van der Waals surface area (Å²) in [6, 6.07) is 0. The summed E-state index contributed by atoms with van der Waals surface area (Å²) in [5.41, 5.74) is 0. The molecule has 1 amide bonds. The topological polar surface area (TPSA) is 64.6 Å². The number of rotatable bonds is 4. The number of carbonyl (C=O) groups is 2. The molecule has 1 N–H and O–H groups in total. The Morgan fingerprint density at radius 2 is 1.83 bits per heavy atom. The van der Waals surface area contributed by atoms with Crippen LogP contribution in [0.5, 0.6) is 0 Å². The van der Waals surface area contributed by atoms with Crippen LogP contribution in [0.25, 0.3) is 0 Å². The molecule has 0 radical (unpaired) electrons. The van der Waals surface area contributed by atoms with Gasteiger partial charge in [-0.25, -0.2) is 4.79 Å². The molecule has 5 nitrogen and oxygen atoms in total. The third-order valence-corrected chi connectivity index (χ3v) is 0.943. The van der Waals surface area contributed by atoms with E-state index in [1.54, 1.807) is 6.92 Å². The number of carbonyl (C=O) groups excluding carboxylic acids is 2. The van der Waals surface area contributed by atoms with Gasteiger partial charge in [0.15, 0.2) is 0 Å². The lowest BCUT2D eigenvalue weighted by molar-refractivity contribution is -0.141. The monoisotopic (exact) mass is 175 g/mol. The fourth-order valence-corrected chi connectivity index (χ4v) is 0.515. The normalized spacial score (nSPS) is 8.83. The van der Waals surface area contributed by atoms with Gasteiger partial charge in [-0.15, -0.1) is 0 Å². The first kappa shape index (κ1) is 10.7. The second-order valence-electron chi connectivity index (χ2n) is 2.01. The van der Waals surface area contributed by atoms with Gasteiger partial charge in [-0.05, 0) is 6.92 Å². The summed E-state index contributed by atoms with van der Waals surface area (Å²) >= 11 is 0. The molecule has 0 unspecified atom stereocenters. The average molecular weight is 175 g/mol. The molecule has 0 rings (SSSR count). The minimum Gasteiger partial charge on any atom is -0.462 e. The Morgan fingerprint density at radius 3 is 2.33 bits per heavy atom. The number of alkyl carbamates (subject to hydrolysis) is 1. The molecule has 70 valence electrons. The molecule has 5 heteroatoms. The summed E-state index contributed by atoms with van der Waals surface area (Å²) in [4.78, 5) is 20.8. The molecule has 0 aliphatic heterocycles. The van der Waals surface area contributed by atoms with E-state index in [-0.39, 0.29) is 19.2 Å². The Balaban J connectivity index is 3.19. The van der Waals surface area contributed by atoms with Crippen molar-refractivity contribution in [3.05, 3.63) is 0 Å². The maximum Gasteiger partial charge on any atom is 0.407 e. The van der Waals surface area contributed by atoms with Crippen molar-refractivity contribution in [1.29, 1.82) is 0 Å². The van der Waals surface area contributed by atoms with Crippen molar-refractivity contribution in [2.75, 3.05) is 19.8 Å². The van der Waals surface area contributed by atoms with E-state index in [4.69, 9.17) is 0 Å². The van der Waals surface area contributed by atoms with Crippen LogP contribution >= 0.6 is 0 Å². The van der Waals surface area contributed by atoms with E-state index < -0.39 is 6.09 Å². The van der Waals surface area contributed by atoms with Gasteiger partial charge >= 0.3 is 12.1 Å². The van der Waals surface area contributed by atoms with Gasteiger partial charge in [-0.3, -0.25) is 4.79 Å². The van der Waals surface area contributed by atoms with Crippen LogP contribution < -0.4 is 5.32 Å². The van der Waals surface area contributed by atoms with Crippen molar-refractivity contribution in [2.45, 2.75) is 13.8 Å². The van der Waals surface area contributed by atoms with Gasteiger partial charge in [0, 0.05) is 13.5 Å². The molecule has 0 heterocycles. The first-order chi connectivity index (χ1) is 5.66. The van der Waals surface area contributed by atoms with Crippen LogP contribution in [0.1, 0.15) is 13.8 Å². The van der Waals surface area contributed by atoms with Gasteiger partial charge in [-0.2, -0.15) is 0 Å². The molecule has 0 saturated carbocycles. The number of ether oxygens (including phenoxy) is 2. The van der Waals surface area contributed by atoms with Crippen molar-refractivity contribution in [3.63, 3.8) is 0 Å². The maximum atomic E-state index is 10.6. The minimum atomic E-state index is -0.496. The Hall–Kier alpha value is -1.26. The van der Waals surface area contributed by atoms with Crippen LogP contribution in [0.2, 0.25) is 0 Å². The van der Waals surface area contributed by atoms with Crippen molar-refractivity contribution < 1.29 is 19.1 Å². The van der Waals surface area contributed by atoms with E-state index >= 15 is 0 Å². The Morgan fingerprint density at radius 1 is 1.25 bits per heavy atom. The predicted molar refractivity (Wildman–Crippen MR) is 41.7 cm³/mol. The van der Waals surface area contributed by atoms with E-state index in [1.807, 2.05) is 0 Å². The molecule has 0 saturated heterocycles. The third-order valence-electron chi connectivity index (χ3n) is 0.943. The highest BCUT2D eigenvalue weighted by Crippen LogP contribution is 1.80. The zero-order chi connectivity index (χ0) is 9.40. The van der Waals surface area contributed by atoms with Gasteiger partial charge in [0.25, 0.3) is 0 Å². The molecular formula is C7H13NO4. The predicted octanol–water partition coefficient (Wildman–Crippen LogP) is 0.296. The van der Waals surface area contributed by atoms with Crippen molar-refractivity contribution in [2.24, 2.45) is 0 Å². The van der Waals surface area contributed by atoms with E-state index in [0.717, 1.165) is 0 Å². The number of hydrogen-bond acceptors (Lipinski definition) is 4. The molecule has 0 bridgehead atoms. The molecule has 0 aliphatic rings. The zero-order valence-corrected chi connectivity index (χ0v) is 7.25. The van der Waals surface area contributed by atoms with Crippen LogP contribution in [0, 0.1) is 0 Å². The van der Waals surface area contributed by atoms with Crippen LogP contribution in [-0.4, -0.2) is 31.8 Å². The highest BCUT2D eigenvalue weighted by atomic mass is 16.6. The summed E-state index contributed by atoms with van der Waals surface area (Å²) in [6.07, 6.45) is -0.496. The largest absolute Gasteiger partial charge is 0.462 e. The summed E-state index contributed by atoms with van der Waals surface area (Å²) in [7, 11) is 0. The lowest BCUT2D eigenvalue weighted by Gasteiger charge is -2.04. The first-order valence-electron chi connectivity index (χ1n) is 3.70. The number of amides is 1. The second-order valence-corrected chi connectivity index (χ2v) is 2.01. The van der Waals surface area contributed by atoms with Gasteiger partial charge < -0.3 is 14.8 Å². The fourth-order valence-electron chi connectivity index (χ4n) is 0.515. The van der Waals surface area contributed by atoms with E-state index in [2.05, 4.69) is 14.8 Å².